The number of halogens is 2. The molecule has 0 radical (unpaired) electrons. The van der Waals surface area contributed by atoms with Gasteiger partial charge in [-0.05, 0) is 30.5 Å². The summed E-state index contributed by atoms with van der Waals surface area (Å²) >= 11 is 0. The molecule has 0 aliphatic heterocycles. The third-order valence-corrected chi connectivity index (χ3v) is 4.44. The van der Waals surface area contributed by atoms with Crippen molar-refractivity contribution in [3.8, 4) is 0 Å². The van der Waals surface area contributed by atoms with Gasteiger partial charge in [0.25, 0.3) is 0 Å². The predicted octanol–water partition coefficient (Wildman–Crippen LogP) is 2.81. The lowest BCUT2D eigenvalue weighted by Gasteiger charge is -2.21. The Morgan fingerprint density at radius 2 is 2.00 bits per heavy atom. The summed E-state index contributed by atoms with van der Waals surface area (Å²) in [6.45, 7) is 1.60. The zero-order chi connectivity index (χ0) is 16.6. The number of fused-ring (bicyclic) bond motifs is 1. The topological polar surface area (TPSA) is 55.1 Å². The fourth-order valence-corrected chi connectivity index (χ4v) is 3.07. The first-order valence-corrected chi connectivity index (χ1v) is 7.56. The lowest BCUT2D eigenvalue weighted by Crippen LogP contribution is -2.42. The molecule has 0 fully saturated rings. The summed E-state index contributed by atoms with van der Waals surface area (Å²) in [6, 6.07) is 10.5. The number of rotatable bonds is 3. The molecule has 5 heteroatoms. The molecule has 1 aliphatic carbocycles. The maximum Gasteiger partial charge on any atom is 0.227 e. The van der Waals surface area contributed by atoms with E-state index < -0.39 is 17.6 Å². The van der Waals surface area contributed by atoms with Gasteiger partial charge in [-0.2, -0.15) is 0 Å². The van der Waals surface area contributed by atoms with E-state index in [1.54, 1.807) is 6.92 Å². The van der Waals surface area contributed by atoms with Crippen LogP contribution in [-0.2, 0) is 11.2 Å². The van der Waals surface area contributed by atoms with Gasteiger partial charge in [0.05, 0.1) is 18.0 Å². The van der Waals surface area contributed by atoms with Crippen molar-refractivity contribution in [2.24, 2.45) is 5.73 Å². The molecular formula is C18H18F2N2O. The van der Waals surface area contributed by atoms with Gasteiger partial charge in [0.2, 0.25) is 5.91 Å². The van der Waals surface area contributed by atoms with Gasteiger partial charge < -0.3 is 11.1 Å². The summed E-state index contributed by atoms with van der Waals surface area (Å²) < 4.78 is 26.8. The summed E-state index contributed by atoms with van der Waals surface area (Å²) in [6.07, 6.45) is 0.654. The van der Waals surface area contributed by atoms with Crippen LogP contribution < -0.4 is 11.1 Å². The number of nitrogens with two attached hydrogens (primary N) is 1. The highest BCUT2D eigenvalue weighted by molar-refractivity contribution is 5.83. The summed E-state index contributed by atoms with van der Waals surface area (Å²) in [5.74, 6) is -2.41. The van der Waals surface area contributed by atoms with E-state index in [1.165, 1.54) is 6.07 Å². The van der Waals surface area contributed by atoms with Crippen LogP contribution in [0.2, 0.25) is 0 Å². The standard InChI is InChI=1S/C18H18F2N2O/c1-10(13-7-6-12(19)9-15(13)20)18(23)22-16-8-11-4-2-3-5-14(11)17(16)21/h2-7,9-10,16-17H,8,21H2,1H3,(H,22,23)/t10?,16-,17-/m0/s1. The monoisotopic (exact) mass is 316 g/mol. The molecule has 3 N–H and O–H groups in total. The molecule has 0 bridgehead atoms. The lowest BCUT2D eigenvalue weighted by molar-refractivity contribution is -0.123. The highest BCUT2D eigenvalue weighted by atomic mass is 19.1. The SMILES string of the molecule is CC(C(=O)N[C@H]1Cc2ccccc2[C@@H]1N)c1ccc(F)cc1F. The first-order valence-electron chi connectivity index (χ1n) is 7.56. The number of nitrogens with one attached hydrogen (secondary N) is 1. The molecular weight excluding hydrogens is 298 g/mol. The van der Waals surface area contributed by atoms with Gasteiger partial charge in [0.15, 0.2) is 0 Å². The third-order valence-electron chi connectivity index (χ3n) is 4.44. The third kappa shape index (κ3) is 2.97. The Morgan fingerprint density at radius 1 is 1.26 bits per heavy atom. The second kappa shape index (κ2) is 6.08. The molecule has 0 heterocycles. The molecule has 1 aliphatic rings. The van der Waals surface area contributed by atoms with Crippen molar-refractivity contribution in [2.45, 2.75) is 31.3 Å². The Morgan fingerprint density at radius 3 is 2.70 bits per heavy atom. The van der Waals surface area contributed by atoms with Crippen molar-refractivity contribution in [3.05, 3.63) is 70.8 Å². The van der Waals surface area contributed by atoms with E-state index >= 15 is 0 Å². The van der Waals surface area contributed by atoms with Crippen LogP contribution in [0.1, 0.15) is 35.6 Å². The Hall–Kier alpha value is -2.27. The van der Waals surface area contributed by atoms with Gasteiger partial charge in [-0.15, -0.1) is 0 Å². The van der Waals surface area contributed by atoms with Crippen LogP contribution in [0.3, 0.4) is 0 Å². The molecule has 3 atom stereocenters. The summed E-state index contributed by atoms with van der Waals surface area (Å²) in [5, 5.41) is 2.89. The maximum atomic E-state index is 13.8. The first-order chi connectivity index (χ1) is 11.0. The lowest BCUT2D eigenvalue weighted by atomic mass is 9.98. The molecule has 0 spiro atoms. The fraction of sp³-hybridized carbons (Fsp3) is 0.278. The van der Waals surface area contributed by atoms with Crippen LogP contribution in [0, 0.1) is 11.6 Å². The Labute approximate surface area is 133 Å². The van der Waals surface area contributed by atoms with Gasteiger partial charge in [-0.25, -0.2) is 8.78 Å². The Bertz CT molecular complexity index is 748. The molecule has 23 heavy (non-hydrogen) atoms. The van der Waals surface area contributed by atoms with Crippen molar-refractivity contribution in [1.82, 2.24) is 5.32 Å². The quantitative estimate of drug-likeness (QED) is 0.915. The average Bonchev–Trinajstić information content (AvgIpc) is 2.83. The first kappa shape index (κ1) is 15.6. The summed E-state index contributed by atoms with van der Waals surface area (Å²) in [4.78, 5) is 12.4. The fourth-order valence-electron chi connectivity index (χ4n) is 3.07. The van der Waals surface area contributed by atoms with Crippen LogP contribution in [0.4, 0.5) is 8.78 Å². The highest BCUT2D eigenvalue weighted by Crippen LogP contribution is 2.30. The van der Waals surface area contributed by atoms with E-state index in [0.29, 0.717) is 6.42 Å². The Kier molecular flexibility index (Phi) is 4.13. The minimum absolute atomic E-state index is 0.174. The van der Waals surface area contributed by atoms with Crippen molar-refractivity contribution in [1.29, 1.82) is 0 Å². The molecule has 0 saturated carbocycles. The van der Waals surface area contributed by atoms with E-state index in [-0.39, 0.29) is 23.6 Å². The Balaban J connectivity index is 1.73. The van der Waals surface area contributed by atoms with Crippen molar-refractivity contribution < 1.29 is 13.6 Å². The molecule has 3 nitrogen and oxygen atoms in total. The second-order valence-electron chi connectivity index (χ2n) is 5.93. The maximum absolute atomic E-state index is 13.8. The molecule has 0 saturated heterocycles. The number of carbonyl (C=O) groups is 1. The molecule has 120 valence electrons. The highest BCUT2D eigenvalue weighted by Gasteiger charge is 2.32. The van der Waals surface area contributed by atoms with Gasteiger partial charge in [-0.1, -0.05) is 30.3 Å². The van der Waals surface area contributed by atoms with Crippen LogP contribution in [0.25, 0.3) is 0 Å². The zero-order valence-corrected chi connectivity index (χ0v) is 12.7. The molecule has 3 rings (SSSR count). The summed E-state index contributed by atoms with van der Waals surface area (Å²) in [5.41, 5.74) is 8.51. The number of hydrogen-bond acceptors (Lipinski definition) is 2. The minimum atomic E-state index is -0.716. The van der Waals surface area contributed by atoms with Gasteiger partial charge in [0, 0.05) is 11.6 Å². The molecule has 2 aromatic rings. The molecule has 1 unspecified atom stereocenters. The van der Waals surface area contributed by atoms with E-state index in [4.69, 9.17) is 5.73 Å². The molecule has 0 aromatic heterocycles. The van der Waals surface area contributed by atoms with Crippen LogP contribution >= 0.6 is 0 Å². The normalized spacial score (nSPS) is 20.9. The predicted molar refractivity (Wildman–Crippen MR) is 83.8 cm³/mol. The summed E-state index contributed by atoms with van der Waals surface area (Å²) in [7, 11) is 0. The van der Waals surface area contributed by atoms with Gasteiger partial charge in [0.1, 0.15) is 11.6 Å². The second-order valence-corrected chi connectivity index (χ2v) is 5.93. The smallest absolute Gasteiger partial charge is 0.227 e. The van der Waals surface area contributed by atoms with E-state index in [0.717, 1.165) is 23.3 Å². The van der Waals surface area contributed by atoms with E-state index in [2.05, 4.69) is 5.32 Å². The van der Waals surface area contributed by atoms with Crippen LogP contribution in [0.15, 0.2) is 42.5 Å². The van der Waals surface area contributed by atoms with Crippen molar-refractivity contribution in [3.63, 3.8) is 0 Å². The number of amides is 1. The molecule has 1 amide bonds. The average molecular weight is 316 g/mol. The van der Waals surface area contributed by atoms with E-state index in [1.807, 2.05) is 24.3 Å². The van der Waals surface area contributed by atoms with Crippen LogP contribution in [0.5, 0.6) is 0 Å². The number of carbonyl (C=O) groups excluding carboxylic acids is 1. The number of hydrogen-bond donors (Lipinski definition) is 2. The number of benzene rings is 2. The van der Waals surface area contributed by atoms with E-state index in [9.17, 15) is 13.6 Å². The minimum Gasteiger partial charge on any atom is -0.351 e. The van der Waals surface area contributed by atoms with Crippen molar-refractivity contribution in [2.75, 3.05) is 0 Å². The van der Waals surface area contributed by atoms with Gasteiger partial charge >= 0.3 is 0 Å². The largest absolute Gasteiger partial charge is 0.351 e. The van der Waals surface area contributed by atoms with Crippen LogP contribution in [-0.4, -0.2) is 11.9 Å². The van der Waals surface area contributed by atoms with Crippen molar-refractivity contribution >= 4 is 5.91 Å². The zero-order valence-electron chi connectivity index (χ0n) is 12.7. The van der Waals surface area contributed by atoms with Gasteiger partial charge in [-0.3, -0.25) is 4.79 Å². The molecule has 2 aromatic carbocycles.